The zero-order valence-corrected chi connectivity index (χ0v) is 17.0. The fraction of sp³-hybridized carbons (Fsp3) is 0.381. The average Bonchev–Trinajstić information content (AvgIpc) is 3.20. The van der Waals surface area contributed by atoms with Crippen molar-refractivity contribution < 1.29 is 22.7 Å². The first-order valence-electron chi connectivity index (χ1n) is 9.35. The zero-order valence-electron chi connectivity index (χ0n) is 16.2. The first-order valence-corrected chi connectivity index (χ1v) is 10.8. The normalized spacial score (nSPS) is 14.8. The molecule has 2 aromatic rings. The second-order valence-corrected chi connectivity index (χ2v) is 8.88. The van der Waals surface area contributed by atoms with E-state index in [9.17, 15) is 13.2 Å². The van der Waals surface area contributed by atoms with Crippen molar-refractivity contribution in [3.8, 4) is 5.75 Å². The van der Waals surface area contributed by atoms with Crippen LogP contribution in [-0.4, -0.2) is 45.0 Å². The number of ether oxygens (including phenoxy) is 2. The van der Waals surface area contributed by atoms with E-state index in [0.29, 0.717) is 18.7 Å². The Labute approximate surface area is 166 Å². The molecule has 1 heterocycles. The quantitative estimate of drug-likeness (QED) is 0.524. The number of carbonyl (C=O) groups is 1. The molecule has 0 spiro atoms. The van der Waals surface area contributed by atoms with Crippen molar-refractivity contribution in [3.05, 3.63) is 59.2 Å². The molecule has 0 bridgehead atoms. The number of nitrogens with zero attached hydrogens (tertiary/aromatic N) is 1. The first kappa shape index (κ1) is 20.4. The van der Waals surface area contributed by atoms with Gasteiger partial charge in [0, 0.05) is 13.1 Å². The fourth-order valence-corrected chi connectivity index (χ4v) is 4.75. The van der Waals surface area contributed by atoms with E-state index >= 15 is 0 Å². The van der Waals surface area contributed by atoms with Crippen LogP contribution in [0.1, 0.15) is 34.3 Å². The molecule has 2 aromatic carbocycles. The van der Waals surface area contributed by atoms with Crippen LogP contribution < -0.4 is 4.74 Å². The lowest BCUT2D eigenvalue weighted by atomic mass is 10.1. The van der Waals surface area contributed by atoms with E-state index in [1.165, 1.54) is 28.6 Å². The lowest BCUT2D eigenvalue weighted by Crippen LogP contribution is -2.27. The van der Waals surface area contributed by atoms with E-state index in [1.807, 2.05) is 26.0 Å². The summed E-state index contributed by atoms with van der Waals surface area (Å²) in [7, 11) is -3.48. The monoisotopic (exact) mass is 403 g/mol. The third kappa shape index (κ3) is 4.91. The summed E-state index contributed by atoms with van der Waals surface area (Å²) >= 11 is 0. The number of carbonyl (C=O) groups excluding carboxylic acids is 1. The molecule has 0 aliphatic carbocycles. The summed E-state index contributed by atoms with van der Waals surface area (Å²) in [5, 5.41) is 0. The zero-order chi connectivity index (χ0) is 20.1. The van der Waals surface area contributed by atoms with Crippen molar-refractivity contribution in [3.63, 3.8) is 0 Å². The van der Waals surface area contributed by atoms with Crippen molar-refractivity contribution in [2.75, 3.05) is 26.3 Å². The molecule has 0 unspecified atom stereocenters. The summed E-state index contributed by atoms with van der Waals surface area (Å²) in [5.74, 6) is 0.235. The van der Waals surface area contributed by atoms with Gasteiger partial charge in [0.2, 0.25) is 10.0 Å². The molecule has 0 radical (unpaired) electrons. The lowest BCUT2D eigenvalue weighted by Gasteiger charge is -2.15. The van der Waals surface area contributed by atoms with Crippen molar-refractivity contribution in [1.82, 2.24) is 4.31 Å². The highest BCUT2D eigenvalue weighted by Crippen LogP contribution is 2.21. The highest BCUT2D eigenvalue weighted by atomic mass is 32.2. The van der Waals surface area contributed by atoms with Crippen LogP contribution in [0.5, 0.6) is 5.75 Å². The molecule has 0 atom stereocenters. The Balaban J connectivity index is 1.52. The summed E-state index contributed by atoms with van der Waals surface area (Å²) in [6.45, 7) is 5.44. The highest BCUT2D eigenvalue weighted by molar-refractivity contribution is 7.89. The number of sulfonamides is 1. The molecule has 3 rings (SSSR count). The Morgan fingerprint density at radius 2 is 1.57 bits per heavy atom. The minimum Gasteiger partial charge on any atom is -0.490 e. The van der Waals surface area contributed by atoms with E-state index in [2.05, 4.69) is 6.07 Å². The summed E-state index contributed by atoms with van der Waals surface area (Å²) in [4.78, 5) is 12.3. The van der Waals surface area contributed by atoms with Gasteiger partial charge in [-0.3, -0.25) is 0 Å². The molecule has 0 aromatic heterocycles. The summed E-state index contributed by atoms with van der Waals surface area (Å²) < 4.78 is 37.3. The standard InChI is InChI=1S/C21H25NO5S/c1-16-13-17(2)15-19(14-16)26-11-12-27-21(23)18-5-7-20(8-6-18)28(24,25)22-9-3-4-10-22/h5-8,13-15H,3-4,9-12H2,1-2H3. The van der Waals surface area contributed by atoms with Gasteiger partial charge in [0.05, 0.1) is 10.5 Å². The fourth-order valence-electron chi connectivity index (χ4n) is 3.23. The largest absolute Gasteiger partial charge is 0.490 e. The molecule has 1 aliphatic rings. The van der Waals surface area contributed by atoms with Crippen LogP contribution in [-0.2, 0) is 14.8 Å². The molecule has 0 saturated carbocycles. The molecule has 150 valence electrons. The Kier molecular flexibility index (Phi) is 6.36. The predicted octanol–water partition coefficient (Wildman–Crippen LogP) is 3.32. The number of esters is 1. The second kappa shape index (κ2) is 8.75. The van der Waals surface area contributed by atoms with Crippen LogP contribution >= 0.6 is 0 Å². The molecule has 28 heavy (non-hydrogen) atoms. The number of rotatable bonds is 7. The van der Waals surface area contributed by atoms with Crippen molar-refractivity contribution >= 4 is 16.0 Å². The Bertz CT molecular complexity index is 912. The van der Waals surface area contributed by atoms with Gasteiger partial charge in [0.25, 0.3) is 0 Å². The third-order valence-corrected chi connectivity index (χ3v) is 6.49. The number of hydrogen-bond acceptors (Lipinski definition) is 5. The Morgan fingerprint density at radius 1 is 0.964 bits per heavy atom. The number of hydrogen-bond donors (Lipinski definition) is 0. The van der Waals surface area contributed by atoms with E-state index in [-0.39, 0.29) is 18.1 Å². The highest BCUT2D eigenvalue weighted by Gasteiger charge is 2.27. The van der Waals surface area contributed by atoms with Gasteiger partial charge in [0.15, 0.2) is 0 Å². The molecule has 7 heteroatoms. The smallest absolute Gasteiger partial charge is 0.338 e. The lowest BCUT2D eigenvalue weighted by molar-refractivity contribution is 0.0450. The van der Waals surface area contributed by atoms with E-state index in [4.69, 9.17) is 9.47 Å². The Hall–Kier alpha value is -2.38. The van der Waals surface area contributed by atoms with Gasteiger partial charge in [-0.1, -0.05) is 6.07 Å². The second-order valence-electron chi connectivity index (χ2n) is 6.94. The molecule has 0 N–H and O–H groups in total. The van der Waals surface area contributed by atoms with Crippen LogP contribution in [0, 0.1) is 13.8 Å². The molecule has 0 amide bonds. The van der Waals surface area contributed by atoms with Gasteiger partial charge in [0.1, 0.15) is 19.0 Å². The molecular weight excluding hydrogens is 378 g/mol. The maximum absolute atomic E-state index is 12.5. The van der Waals surface area contributed by atoms with E-state index in [1.54, 1.807) is 0 Å². The molecule has 6 nitrogen and oxygen atoms in total. The topological polar surface area (TPSA) is 72.9 Å². The third-order valence-electron chi connectivity index (χ3n) is 4.57. The van der Waals surface area contributed by atoms with Crippen LogP contribution in [0.3, 0.4) is 0 Å². The van der Waals surface area contributed by atoms with Crippen LogP contribution in [0.15, 0.2) is 47.4 Å². The molecular formula is C21H25NO5S. The molecule has 1 saturated heterocycles. The van der Waals surface area contributed by atoms with Crippen LogP contribution in [0.4, 0.5) is 0 Å². The summed E-state index contributed by atoms with van der Waals surface area (Å²) in [6.07, 6.45) is 1.77. The van der Waals surface area contributed by atoms with Gasteiger partial charge >= 0.3 is 5.97 Å². The first-order chi connectivity index (χ1) is 13.4. The van der Waals surface area contributed by atoms with Crippen molar-refractivity contribution in [2.24, 2.45) is 0 Å². The minimum atomic E-state index is -3.48. The molecule has 1 aliphatic heterocycles. The van der Waals surface area contributed by atoms with E-state index < -0.39 is 16.0 Å². The van der Waals surface area contributed by atoms with Crippen LogP contribution in [0.2, 0.25) is 0 Å². The maximum Gasteiger partial charge on any atom is 0.338 e. The van der Waals surface area contributed by atoms with Gasteiger partial charge in [-0.2, -0.15) is 4.31 Å². The SMILES string of the molecule is Cc1cc(C)cc(OCCOC(=O)c2ccc(S(=O)(=O)N3CCCC3)cc2)c1. The van der Waals surface area contributed by atoms with Gasteiger partial charge in [-0.15, -0.1) is 0 Å². The van der Waals surface area contributed by atoms with Gasteiger partial charge in [-0.25, -0.2) is 13.2 Å². The maximum atomic E-state index is 12.5. The van der Waals surface area contributed by atoms with Crippen molar-refractivity contribution in [1.29, 1.82) is 0 Å². The average molecular weight is 404 g/mol. The minimum absolute atomic E-state index is 0.111. The van der Waals surface area contributed by atoms with Crippen molar-refractivity contribution in [2.45, 2.75) is 31.6 Å². The Morgan fingerprint density at radius 3 is 2.18 bits per heavy atom. The molecule has 1 fully saturated rings. The summed E-state index contributed by atoms with van der Waals surface area (Å²) in [6, 6.07) is 11.8. The number of benzene rings is 2. The van der Waals surface area contributed by atoms with Gasteiger partial charge in [-0.05, 0) is 74.2 Å². The van der Waals surface area contributed by atoms with E-state index in [0.717, 1.165) is 29.7 Å². The van der Waals surface area contributed by atoms with Gasteiger partial charge < -0.3 is 9.47 Å². The summed E-state index contributed by atoms with van der Waals surface area (Å²) in [5.41, 5.74) is 2.53. The van der Waals surface area contributed by atoms with Crippen LogP contribution in [0.25, 0.3) is 0 Å². The number of aryl methyl sites for hydroxylation is 2. The predicted molar refractivity (Wildman–Crippen MR) is 106 cm³/mol.